The summed E-state index contributed by atoms with van der Waals surface area (Å²) in [6.45, 7) is 4.15. The number of carboxylic acid groups (broad SMARTS) is 1. The summed E-state index contributed by atoms with van der Waals surface area (Å²) >= 11 is 0. The summed E-state index contributed by atoms with van der Waals surface area (Å²) in [7, 11) is 0. The highest BCUT2D eigenvalue weighted by molar-refractivity contribution is 5.70. The number of aliphatic carboxylic acids is 1. The van der Waals surface area contributed by atoms with Gasteiger partial charge in [-0.1, -0.05) is 26.0 Å². The molecule has 2 heteroatoms. The Labute approximate surface area is 73.3 Å². The Bertz CT molecular complexity index is 196. The summed E-state index contributed by atoms with van der Waals surface area (Å²) in [5, 5.41) is 8.89. The van der Waals surface area contributed by atoms with Crippen LogP contribution in [0.4, 0.5) is 0 Å². The van der Waals surface area contributed by atoms with Crippen LogP contribution in [0.3, 0.4) is 0 Å². The van der Waals surface area contributed by atoms with E-state index in [1.165, 1.54) is 0 Å². The van der Waals surface area contributed by atoms with Crippen molar-refractivity contribution in [1.82, 2.24) is 0 Å². The number of carboxylic acids is 1. The van der Waals surface area contributed by atoms with Gasteiger partial charge in [0.25, 0.3) is 0 Å². The van der Waals surface area contributed by atoms with E-state index in [9.17, 15) is 4.79 Å². The summed E-state index contributed by atoms with van der Waals surface area (Å²) in [6.07, 6.45) is 5.91. The Morgan fingerprint density at radius 1 is 1.67 bits per heavy atom. The van der Waals surface area contributed by atoms with Crippen LogP contribution in [0, 0.1) is 17.8 Å². The predicted octanol–water partition coefficient (Wildman–Crippen LogP) is 2.31. The van der Waals surface area contributed by atoms with Gasteiger partial charge in [-0.2, -0.15) is 0 Å². The van der Waals surface area contributed by atoms with Gasteiger partial charge >= 0.3 is 5.97 Å². The zero-order valence-electron chi connectivity index (χ0n) is 7.66. The predicted molar refractivity (Wildman–Crippen MR) is 47.8 cm³/mol. The standard InChI is InChI=1S/C10H16O2/c1-3-8-5-4-6-9(7(8)2)10(11)12/h4-5,7-9H,3,6H2,1-2H3,(H,11,12). The molecule has 1 aliphatic carbocycles. The van der Waals surface area contributed by atoms with Crippen molar-refractivity contribution in [3.05, 3.63) is 12.2 Å². The van der Waals surface area contributed by atoms with Gasteiger partial charge in [0, 0.05) is 0 Å². The van der Waals surface area contributed by atoms with Crippen LogP contribution in [-0.4, -0.2) is 11.1 Å². The lowest BCUT2D eigenvalue weighted by atomic mass is 9.76. The Hall–Kier alpha value is -0.790. The minimum atomic E-state index is -0.648. The van der Waals surface area contributed by atoms with E-state index in [2.05, 4.69) is 13.0 Å². The summed E-state index contributed by atoms with van der Waals surface area (Å²) in [6, 6.07) is 0. The molecule has 0 aliphatic heterocycles. The van der Waals surface area contributed by atoms with Gasteiger partial charge in [-0.05, 0) is 24.7 Å². The molecule has 3 unspecified atom stereocenters. The fraction of sp³-hybridized carbons (Fsp3) is 0.700. The van der Waals surface area contributed by atoms with Crippen LogP contribution in [0.25, 0.3) is 0 Å². The van der Waals surface area contributed by atoms with Gasteiger partial charge in [-0.15, -0.1) is 0 Å². The van der Waals surface area contributed by atoms with Crippen LogP contribution in [0.5, 0.6) is 0 Å². The van der Waals surface area contributed by atoms with Crippen LogP contribution < -0.4 is 0 Å². The lowest BCUT2D eigenvalue weighted by molar-refractivity contribution is -0.144. The Morgan fingerprint density at radius 2 is 2.33 bits per heavy atom. The summed E-state index contributed by atoms with van der Waals surface area (Å²) in [5.74, 6) is -0.0670. The molecule has 3 atom stereocenters. The van der Waals surface area contributed by atoms with E-state index in [1.54, 1.807) is 0 Å². The Kier molecular flexibility index (Phi) is 2.90. The highest BCUT2D eigenvalue weighted by Crippen LogP contribution is 2.31. The molecule has 0 fully saturated rings. The number of allylic oxidation sites excluding steroid dienone is 2. The molecule has 2 nitrogen and oxygen atoms in total. The molecular formula is C10H16O2. The van der Waals surface area contributed by atoms with Crippen molar-refractivity contribution in [2.24, 2.45) is 17.8 Å². The van der Waals surface area contributed by atoms with E-state index in [0.717, 1.165) is 6.42 Å². The van der Waals surface area contributed by atoms with Crippen molar-refractivity contribution in [2.75, 3.05) is 0 Å². The van der Waals surface area contributed by atoms with Crippen molar-refractivity contribution >= 4 is 5.97 Å². The zero-order valence-corrected chi connectivity index (χ0v) is 7.66. The maximum atomic E-state index is 10.8. The number of carbonyl (C=O) groups is 1. The van der Waals surface area contributed by atoms with Gasteiger partial charge in [0.15, 0.2) is 0 Å². The lowest BCUT2D eigenvalue weighted by Crippen LogP contribution is -2.28. The van der Waals surface area contributed by atoms with Crippen molar-refractivity contribution in [3.63, 3.8) is 0 Å². The van der Waals surface area contributed by atoms with Crippen LogP contribution in [0.15, 0.2) is 12.2 Å². The SMILES string of the molecule is CCC1C=CCC(C(=O)O)C1C. The Morgan fingerprint density at radius 3 is 2.83 bits per heavy atom. The fourth-order valence-corrected chi connectivity index (χ4v) is 1.92. The van der Waals surface area contributed by atoms with Crippen LogP contribution in [0.1, 0.15) is 26.7 Å². The third kappa shape index (κ3) is 1.68. The second-order valence-corrected chi connectivity index (χ2v) is 3.54. The molecule has 0 aromatic carbocycles. The fourth-order valence-electron chi connectivity index (χ4n) is 1.92. The van der Waals surface area contributed by atoms with E-state index < -0.39 is 5.97 Å². The van der Waals surface area contributed by atoms with Gasteiger partial charge in [-0.25, -0.2) is 0 Å². The monoisotopic (exact) mass is 168 g/mol. The highest BCUT2D eigenvalue weighted by Gasteiger charge is 2.30. The van der Waals surface area contributed by atoms with Gasteiger partial charge < -0.3 is 5.11 Å². The molecule has 1 rings (SSSR count). The quantitative estimate of drug-likeness (QED) is 0.642. The van der Waals surface area contributed by atoms with E-state index in [-0.39, 0.29) is 11.8 Å². The van der Waals surface area contributed by atoms with Gasteiger partial charge in [0.05, 0.1) is 5.92 Å². The molecule has 0 heterocycles. The molecule has 0 saturated heterocycles. The molecule has 68 valence electrons. The molecule has 1 aliphatic rings. The van der Waals surface area contributed by atoms with Crippen LogP contribution in [0.2, 0.25) is 0 Å². The number of rotatable bonds is 2. The van der Waals surface area contributed by atoms with Crippen molar-refractivity contribution < 1.29 is 9.90 Å². The average molecular weight is 168 g/mol. The minimum Gasteiger partial charge on any atom is -0.481 e. The third-order valence-electron chi connectivity index (χ3n) is 2.87. The molecule has 1 N–H and O–H groups in total. The molecule has 0 aromatic rings. The number of hydrogen-bond donors (Lipinski definition) is 1. The molecule has 0 aromatic heterocycles. The first-order chi connectivity index (χ1) is 5.66. The van der Waals surface area contributed by atoms with Gasteiger partial charge in [0.1, 0.15) is 0 Å². The third-order valence-corrected chi connectivity index (χ3v) is 2.87. The summed E-state index contributed by atoms with van der Waals surface area (Å²) < 4.78 is 0. The van der Waals surface area contributed by atoms with Crippen molar-refractivity contribution in [2.45, 2.75) is 26.7 Å². The number of hydrogen-bond acceptors (Lipinski definition) is 1. The molecule has 0 saturated carbocycles. The molecule has 0 radical (unpaired) electrons. The maximum Gasteiger partial charge on any atom is 0.307 e. The Balaban J connectivity index is 2.70. The molecule has 0 bridgehead atoms. The normalized spacial score (nSPS) is 35.0. The summed E-state index contributed by atoms with van der Waals surface area (Å²) in [4.78, 5) is 10.8. The average Bonchev–Trinajstić information content (AvgIpc) is 2.04. The topological polar surface area (TPSA) is 37.3 Å². The van der Waals surface area contributed by atoms with E-state index >= 15 is 0 Å². The maximum absolute atomic E-state index is 10.8. The summed E-state index contributed by atoms with van der Waals surface area (Å²) in [5.41, 5.74) is 0. The van der Waals surface area contributed by atoms with E-state index in [4.69, 9.17) is 5.11 Å². The second kappa shape index (κ2) is 3.74. The van der Waals surface area contributed by atoms with Gasteiger partial charge in [0.2, 0.25) is 0 Å². The first-order valence-electron chi connectivity index (χ1n) is 4.56. The smallest absolute Gasteiger partial charge is 0.307 e. The molecular weight excluding hydrogens is 152 g/mol. The van der Waals surface area contributed by atoms with Crippen LogP contribution >= 0.6 is 0 Å². The first-order valence-corrected chi connectivity index (χ1v) is 4.56. The highest BCUT2D eigenvalue weighted by atomic mass is 16.4. The molecule has 12 heavy (non-hydrogen) atoms. The van der Waals surface area contributed by atoms with Crippen molar-refractivity contribution in [1.29, 1.82) is 0 Å². The van der Waals surface area contributed by atoms with E-state index in [1.807, 2.05) is 13.0 Å². The molecule has 0 amide bonds. The minimum absolute atomic E-state index is 0.167. The first kappa shape index (κ1) is 9.30. The molecule has 0 spiro atoms. The largest absolute Gasteiger partial charge is 0.481 e. The van der Waals surface area contributed by atoms with Gasteiger partial charge in [-0.3, -0.25) is 4.79 Å². The van der Waals surface area contributed by atoms with Crippen molar-refractivity contribution in [3.8, 4) is 0 Å². The lowest BCUT2D eigenvalue weighted by Gasteiger charge is -2.28. The van der Waals surface area contributed by atoms with E-state index in [0.29, 0.717) is 12.3 Å². The second-order valence-electron chi connectivity index (χ2n) is 3.54. The zero-order chi connectivity index (χ0) is 9.14. The van der Waals surface area contributed by atoms with Crippen LogP contribution in [-0.2, 0) is 4.79 Å².